The van der Waals surface area contributed by atoms with Crippen molar-refractivity contribution in [2.24, 2.45) is 11.7 Å². The largest absolute Gasteiger partial charge is 0.325 e. The van der Waals surface area contributed by atoms with E-state index in [-0.39, 0.29) is 5.54 Å². The maximum atomic E-state index is 6.57. The fourth-order valence-corrected chi connectivity index (χ4v) is 3.04. The highest BCUT2D eigenvalue weighted by molar-refractivity contribution is 14.1. The molecule has 1 nitrogen and oxygen atoms in total. The van der Waals surface area contributed by atoms with E-state index in [0.29, 0.717) is 5.92 Å². The van der Waals surface area contributed by atoms with Gasteiger partial charge in [-0.2, -0.15) is 0 Å². The molecule has 2 N–H and O–H groups in total. The Balaban J connectivity index is 2.10. The van der Waals surface area contributed by atoms with Crippen molar-refractivity contribution >= 4 is 22.6 Å². The van der Waals surface area contributed by atoms with Crippen LogP contribution in [0.1, 0.15) is 38.2 Å². The Morgan fingerprint density at radius 3 is 2.62 bits per heavy atom. The van der Waals surface area contributed by atoms with E-state index >= 15 is 0 Å². The first kappa shape index (κ1) is 12.4. The molecule has 0 radical (unpaired) electrons. The summed E-state index contributed by atoms with van der Waals surface area (Å²) >= 11 is 2.34. The van der Waals surface area contributed by atoms with Crippen LogP contribution in [0, 0.1) is 9.49 Å². The second kappa shape index (κ2) is 5.05. The van der Waals surface area contributed by atoms with Crippen molar-refractivity contribution < 1.29 is 0 Å². The first-order valence-electron chi connectivity index (χ1n) is 6.13. The molecular weight excluding hydrogens is 309 g/mol. The van der Waals surface area contributed by atoms with Gasteiger partial charge >= 0.3 is 0 Å². The summed E-state index contributed by atoms with van der Waals surface area (Å²) in [6, 6.07) is 8.79. The molecule has 0 bridgehead atoms. The van der Waals surface area contributed by atoms with E-state index in [4.69, 9.17) is 5.73 Å². The number of halogens is 1. The molecule has 1 aromatic carbocycles. The minimum absolute atomic E-state index is 0.0328. The Morgan fingerprint density at radius 2 is 2.00 bits per heavy atom. The van der Waals surface area contributed by atoms with Gasteiger partial charge in [0, 0.05) is 9.11 Å². The maximum Gasteiger partial charge on any atom is 0.0221 e. The van der Waals surface area contributed by atoms with Crippen LogP contribution in [0.2, 0.25) is 0 Å². The van der Waals surface area contributed by atoms with E-state index < -0.39 is 0 Å². The highest BCUT2D eigenvalue weighted by atomic mass is 127. The van der Waals surface area contributed by atoms with E-state index in [1.807, 2.05) is 0 Å². The molecule has 0 amide bonds. The van der Waals surface area contributed by atoms with Crippen LogP contribution in [0.5, 0.6) is 0 Å². The van der Waals surface area contributed by atoms with Crippen LogP contribution in [0.15, 0.2) is 24.3 Å². The molecule has 0 spiro atoms. The van der Waals surface area contributed by atoms with Crippen molar-refractivity contribution in [2.75, 3.05) is 0 Å². The molecule has 0 saturated heterocycles. The zero-order valence-corrected chi connectivity index (χ0v) is 12.0. The Bertz CT molecular complexity index is 346. The summed E-state index contributed by atoms with van der Waals surface area (Å²) in [6.07, 6.45) is 6.16. The van der Waals surface area contributed by atoms with E-state index in [1.54, 1.807) is 0 Å². The third-order valence-corrected chi connectivity index (χ3v) is 4.68. The first-order chi connectivity index (χ1) is 7.60. The van der Waals surface area contributed by atoms with Gasteiger partial charge in [-0.3, -0.25) is 0 Å². The fraction of sp³-hybridized carbons (Fsp3) is 0.571. The van der Waals surface area contributed by atoms with Crippen LogP contribution in [-0.4, -0.2) is 5.54 Å². The Labute approximate surface area is 112 Å². The molecule has 2 unspecified atom stereocenters. The quantitative estimate of drug-likeness (QED) is 0.822. The summed E-state index contributed by atoms with van der Waals surface area (Å²) in [6.45, 7) is 2.31. The number of hydrogen-bond donors (Lipinski definition) is 1. The standard InChI is InChI=1S/C14H20IN/c1-11-4-2-3-9-14(11,16)10-12-5-7-13(15)8-6-12/h5-8,11H,2-4,9-10,16H2,1H3. The molecule has 0 aliphatic heterocycles. The summed E-state index contributed by atoms with van der Waals surface area (Å²) < 4.78 is 1.30. The van der Waals surface area contributed by atoms with Gasteiger partial charge in [0.15, 0.2) is 0 Å². The zero-order chi connectivity index (χ0) is 11.6. The molecule has 0 aromatic heterocycles. The molecule has 1 fully saturated rings. The summed E-state index contributed by atoms with van der Waals surface area (Å²) in [7, 11) is 0. The second-order valence-electron chi connectivity index (χ2n) is 5.18. The molecule has 16 heavy (non-hydrogen) atoms. The Morgan fingerprint density at radius 1 is 1.31 bits per heavy atom. The molecule has 2 heteroatoms. The molecule has 88 valence electrons. The number of benzene rings is 1. The van der Waals surface area contributed by atoms with Crippen LogP contribution in [0.3, 0.4) is 0 Å². The van der Waals surface area contributed by atoms with E-state index in [9.17, 15) is 0 Å². The summed E-state index contributed by atoms with van der Waals surface area (Å²) in [4.78, 5) is 0. The van der Waals surface area contributed by atoms with Gasteiger partial charge in [-0.15, -0.1) is 0 Å². The molecule has 1 saturated carbocycles. The highest BCUT2D eigenvalue weighted by Crippen LogP contribution is 2.34. The van der Waals surface area contributed by atoms with Gasteiger partial charge in [0.1, 0.15) is 0 Å². The molecule has 2 atom stereocenters. The lowest BCUT2D eigenvalue weighted by Crippen LogP contribution is -2.49. The summed E-state index contributed by atoms with van der Waals surface area (Å²) in [5.74, 6) is 0.653. The summed E-state index contributed by atoms with van der Waals surface area (Å²) in [5.41, 5.74) is 7.99. The van der Waals surface area contributed by atoms with Gasteiger partial charge in [-0.25, -0.2) is 0 Å². The van der Waals surface area contributed by atoms with Gasteiger partial charge in [-0.1, -0.05) is 31.9 Å². The monoisotopic (exact) mass is 329 g/mol. The lowest BCUT2D eigenvalue weighted by atomic mass is 9.71. The van der Waals surface area contributed by atoms with Gasteiger partial charge in [0.05, 0.1) is 0 Å². The van der Waals surface area contributed by atoms with Crippen LogP contribution in [0.25, 0.3) is 0 Å². The van der Waals surface area contributed by atoms with Gasteiger partial charge < -0.3 is 5.73 Å². The van der Waals surface area contributed by atoms with Crippen LogP contribution in [-0.2, 0) is 6.42 Å². The van der Waals surface area contributed by atoms with Gasteiger partial charge in [0.25, 0.3) is 0 Å². The molecule has 0 heterocycles. The third-order valence-electron chi connectivity index (χ3n) is 3.96. The van der Waals surface area contributed by atoms with Crippen LogP contribution >= 0.6 is 22.6 Å². The van der Waals surface area contributed by atoms with Crippen molar-refractivity contribution in [1.29, 1.82) is 0 Å². The van der Waals surface area contributed by atoms with E-state index in [2.05, 4.69) is 53.8 Å². The van der Waals surface area contributed by atoms with Crippen LogP contribution in [0.4, 0.5) is 0 Å². The van der Waals surface area contributed by atoms with Gasteiger partial charge in [0.2, 0.25) is 0 Å². The third kappa shape index (κ3) is 2.77. The minimum atomic E-state index is 0.0328. The highest BCUT2D eigenvalue weighted by Gasteiger charge is 2.34. The SMILES string of the molecule is CC1CCCCC1(N)Cc1ccc(I)cc1. The van der Waals surface area contributed by atoms with Crippen molar-refractivity contribution in [3.63, 3.8) is 0 Å². The lowest BCUT2D eigenvalue weighted by molar-refractivity contribution is 0.204. The predicted octanol–water partition coefficient (Wildman–Crippen LogP) is 3.74. The number of rotatable bonds is 2. The van der Waals surface area contributed by atoms with Gasteiger partial charge in [-0.05, 0) is 65.5 Å². The maximum absolute atomic E-state index is 6.57. The molecule has 1 aliphatic carbocycles. The smallest absolute Gasteiger partial charge is 0.0221 e. The topological polar surface area (TPSA) is 26.0 Å². The van der Waals surface area contributed by atoms with Crippen molar-refractivity contribution in [2.45, 2.75) is 44.6 Å². The minimum Gasteiger partial charge on any atom is -0.325 e. The number of hydrogen-bond acceptors (Lipinski definition) is 1. The molecule has 1 aliphatic rings. The second-order valence-corrected chi connectivity index (χ2v) is 6.43. The molecular formula is C14H20IN. The van der Waals surface area contributed by atoms with E-state index in [0.717, 1.165) is 6.42 Å². The average molecular weight is 329 g/mol. The van der Waals surface area contributed by atoms with Crippen LogP contribution < -0.4 is 5.73 Å². The summed E-state index contributed by atoms with van der Waals surface area (Å²) in [5, 5.41) is 0. The zero-order valence-electron chi connectivity index (χ0n) is 9.88. The molecule has 1 aromatic rings. The van der Waals surface area contributed by atoms with E-state index in [1.165, 1.54) is 34.8 Å². The fourth-order valence-electron chi connectivity index (χ4n) is 2.68. The molecule has 2 rings (SSSR count). The number of nitrogens with two attached hydrogens (primary N) is 1. The van der Waals surface area contributed by atoms with Crippen molar-refractivity contribution in [1.82, 2.24) is 0 Å². The Kier molecular flexibility index (Phi) is 3.90. The van der Waals surface area contributed by atoms with Crippen molar-refractivity contribution in [3.8, 4) is 0 Å². The lowest BCUT2D eigenvalue weighted by Gasteiger charge is -2.39. The average Bonchev–Trinajstić information content (AvgIpc) is 2.26. The predicted molar refractivity (Wildman–Crippen MR) is 77.4 cm³/mol. The first-order valence-corrected chi connectivity index (χ1v) is 7.21. The Hall–Kier alpha value is -0.0900. The normalized spacial score (nSPS) is 30.3. The van der Waals surface area contributed by atoms with Crippen molar-refractivity contribution in [3.05, 3.63) is 33.4 Å².